The van der Waals surface area contributed by atoms with Gasteiger partial charge in [-0.15, -0.1) is 24.0 Å². The number of hydrogen-bond acceptors (Lipinski definition) is 3. The van der Waals surface area contributed by atoms with Crippen LogP contribution in [0.3, 0.4) is 0 Å². The number of furan rings is 1. The van der Waals surface area contributed by atoms with Crippen LogP contribution >= 0.6 is 24.0 Å². The highest BCUT2D eigenvalue weighted by Crippen LogP contribution is 2.11. The largest absolute Gasteiger partial charge is 0.469 e. The van der Waals surface area contributed by atoms with Crippen LogP contribution in [-0.2, 0) is 17.7 Å². The molecule has 0 saturated carbocycles. The van der Waals surface area contributed by atoms with Gasteiger partial charge in [0.2, 0.25) is 0 Å². The van der Waals surface area contributed by atoms with E-state index in [4.69, 9.17) is 9.15 Å². The molecule has 0 amide bonds. The number of rotatable bonds is 7. The predicted octanol–water partition coefficient (Wildman–Crippen LogP) is 3.49. The van der Waals surface area contributed by atoms with Gasteiger partial charge < -0.3 is 19.8 Å². The molecular formula is C19H25FIN3O2. The third kappa shape index (κ3) is 6.60. The molecule has 142 valence electrons. The maximum absolute atomic E-state index is 13.8. The van der Waals surface area contributed by atoms with E-state index in [-0.39, 0.29) is 42.4 Å². The first-order valence-corrected chi connectivity index (χ1v) is 8.71. The molecule has 1 fully saturated rings. The fourth-order valence-corrected chi connectivity index (χ4v) is 2.74. The van der Waals surface area contributed by atoms with Crippen LogP contribution in [0, 0.1) is 5.82 Å². The Morgan fingerprint density at radius 3 is 2.81 bits per heavy atom. The van der Waals surface area contributed by atoms with E-state index in [2.05, 4.69) is 15.6 Å². The fourth-order valence-electron chi connectivity index (χ4n) is 2.74. The maximum atomic E-state index is 13.8. The summed E-state index contributed by atoms with van der Waals surface area (Å²) in [6.07, 6.45) is 4.79. The van der Waals surface area contributed by atoms with Gasteiger partial charge in [-0.1, -0.05) is 18.2 Å². The molecule has 1 aromatic carbocycles. The standard InChI is InChI=1S/C19H24FN3O2.HI/c20-18-8-2-1-5-15(18)13-22-19(23-14-17-7-4-12-25-17)21-10-9-16-6-3-11-24-16;/h1-3,5-6,8,11,17H,4,7,9-10,12-14H2,(H2,21,22,23);1H. The molecule has 1 aromatic heterocycles. The third-order valence-corrected chi connectivity index (χ3v) is 4.13. The van der Waals surface area contributed by atoms with Gasteiger partial charge in [0.05, 0.1) is 18.9 Å². The Morgan fingerprint density at radius 1 is 1.19 bits per heavy atom. The second kappa shape index (κ2) is 11.2. The zero-order valence-electron chi connectivity index (χ0n) is 14.6. The summed E-state index contributed by atoms with van der Waals surface area (Å²) in [7, 11) is 0. The Kier molecular flexibility index (Phi) is 8.90. The lowest BCUT2D eigenvalue weighted by Gasteiger charge is -2.15. The van der Waals surface area contributed by atoms with Crippen molar-refractivity contribution >= 4 is 29.9 Å². The molecule has 2 N–H and O–H groups in total. The highest BCUT2D eigenvalue weighted by molar-refractivity contribution is 14.0. The summed E-state index contributed by atoms with van der Waals surface area (Å²) in [6.45, 7) is 2.49. The molecule has 1 saturated heterocycles. The van der Waals surface area contributed by atoms with Crippen molar-refractivity contribution in [1.82, 2.24) is 10.6 Å². The zero-order chi connectivity index (χ0) is 17.3. The fraction of sp³-hybridized carbons (Fsp3) is 0.421. The molecule has 1 aliphatic rings. The van der Waals surface area contributed by atoms with Crippen molar-refractivity contribution in [2.45, 2.75) is 31.9 Å². The molecule has 1 unspecified atom stereocenters. The van der Waals surface area contributed by atoms with Gasteiger partial charge in [0.1, 0.15) is 11.6 Å². The lowest BCUT2D eigenvalue weighted by molar-refractivity contribution is 0.114. The lowest BCUT2D eigenvalue weighted by atomic mass is 10.2. The van der Waals surface area contributed by atoms with Gasteiger partial charge >= 0.3 is 0 Å². The molecule has 0 bridgehead atoms. The van der Waals surface area contributed by atoms with E-state index < -0.39 is 0 Å². The van der Waals surface area contributed by atoms with Crippen molar-refractivity contribution in [1.29, 1.82) is 0 Å². The van der Waals surface area contributed by atoms with Crippen LogP contribution in [0.25, 0.3) is 0 Å². The minimum atomic E-state index is -0.236. The molecule has 2 aromatic rings. The van der Waals surface area contributed by atoms with Gasteiger partial charge in [-0.2, -0.15) is 0 Å². The van der Waals surface area contributed by atoms with Gasteiger partial charge in [-0.3, -0.25) is 0 Å². The summed E-state index contributed by atoms with van der Waals surface area (Å²) >= 11 is 0. The number of hydrogen-bond donors (Lipinski definition) is 2. The zero-order valence-corrected chi connectivity index (χ0v) is 16.9. The average molecular weight is 473 g/mol. The van der Waals surface area contributed by atoms with Crippen LogP contribution in [0.15, 0.2) is 52.1 Å². The molecule has 26 heavy (non-hydrogen) atoms. The summed E-state index contributed by atoms with van der Waals surface area (Å²) in [4.78, 5) is 4.50. The van der Waals surface area contributed by atoms with Crippen molar-refractivity contribution in [3.63, 3.8) is 0 Å². The monoisotopic (exact) mass is 473 g/mol. The first kappa shape index (κ1) is 20.7. The summed E-state index contributed by atoms with van der Waals surface area (Å²) < 4.78 is 24.7. The number of nitrogens with zero attached hydrogens (tertiary/aromatic N) is 1. The summed E-state index contributed by atoms with van der Waals surface area (Å²) in [5.74, 6) is 1.34. The Bertz CT molecular complexity index is 673. The van der Waals surface area contributed by atoms with Gasteiger partial charge in [-0.25, -0.2) is 9.38 Å². The quantitative estimate of drug-likeness (QED) is 0.367. The molecule has 0 spiro atoms. The van der Waals surface area contributed by atoms with E-state index in [0.717, 1.165) is 31.6 Å². The van der Waals surface area contributed by atoms with Crippen molar-refractivity contribution in [3.05, 3.63) is 59.8 Å². The van der Waals surface area contributed by atoms with Crippen LogP contribution < -0.4 is 10.6 Å². The number of nitrogens with one attached hydrogen (secondary N) is 2. The van der Waals surface area contributed by atoms with Crippen LogP contribution in [0.4, 0.5) is 4.39 Å². The molecule has 7 heteroatoms. The molecule has 5 nitrogen and oxygen atoms in total. The van der Waals surface area contributed by atoms with Gasteiger partial charge in [0, 0.05) is 31.7 Å². The van der Waals surface area contributed by atoms with Crippen LogP contribution in [0.5, 0.6) is 0 Å². The van der Waals surface area contributed by atoms with E-state index in [9.17, 15) is 4.39 Å². The van der Waals surface area contributed by atoms with Gasteiger partial charge in [0.15, 0.2) is 5.96 Å². The van der Waals surface area contributed by atoms with Gasteiger partial charge in [-0.05, 0) is 31.0 Å². The van der Waals surface area contributed by atoms with Gasteiger partial charge in [0.25, 0.3) is 0 Å². The second-order valence-electron chi connectivity index (χ2n) is 6.03. The molecule has 1 atom stereocenters. The topological polar surface area (TPSA) is 58.8 Å². The van der Waals surface area contributed by atoms with Crippen LogP contribution in [-0.4, -0.2) is 31.8 Å². The molecule has 0 radical (unpaired) electrons. The lowest BCUT2D eigenvalue weighted by Crippen LogP contribution is -2.41. The minimum absolute atomic E-state index is 0. The predicted molar refractivity (Wildman–Crippen MR) is 110 cm³/mol. The van der Waals surface area contributed by atoms with E-state index in [0.29, 0.717) is 24.6 Å². The molecule has 1 aliphatic heterocycles. The number of benzene rings is 1. The third-order valence-electron chi connectivity index (χ3n) is 4.13. The first-order valence-electron chi connectivity index (χ1n) is 8.71. The Balaban J connectivity index is 0.00000243. The highest BCUT2D eigenvalue weighted by Gasteiger charge is 2.15. The normalized spacial score (nSPS) is 17.0. The number of guanidine groups is 1. The van der Waals surface area contributed by atoms with E-state index in [1.807, 2.05) is 18.2 Å². The van der Waals surface area contributed by atoms with Crippen molar-refractivity contribution in [3.8, 4) is 0 Å². The highest BCUT2D eigenvalue weighted by atomic mass is 127. The van der Waals surface area contributed by atoms with E-state index in [1.54, 1.807) is 18.4 Å². The first-order chi connectivity index (χ1) is 12.3. The smallest absolute Gasteiger partial charge is 0.191 e. The Labute approximate surface area is 170 Å². The van der Waals surface area contributed by atoms with E-state index in [1.165, 1.54) is 6.07 Å². The average Bonchev–Trinajstić information content (AvgIpc) is 3.32. The summed E-state index contributed by atoms with van der Waals surface area (Å²) in [5.41, 5.74) is 0.576. The van der Waals surface area contributed by atoms with Crippen LogP contribution in [0.1, 0.15) is 24.2 Å². The van der Waals surface area contributed by atoms with Crippen molar-refractivity contribution < 1.29 is 13.5 Å². The number of halogens is 2. The molecule has 0 aliphatic carbocycles. The summed E-state index contributed by atoms with van der Waals surface area (Å²) in [6, 6.07) is 10.5. The number of aliphatic imine (C=N–C) groups is 1. The van der Waals surface area contributed by atoms with Crippen molar-refractivity contribution in [2.24, 2.45) is 4.99 Å². The Morgan fingerprint density at radius 2 is 2.08 bits per heavy atom. The van der Waals surface area contributed by atoms with E-state index >= 15 is 0 Å². The second-order valence-corrected chi connectivity index (χ2v) is 6.03. The summed E-state index contributed by atoms with van der Waals surface area (Å²) in [5, 5.41) is 6.56. The van der Waals surface area contributed by atoms with Crippen molar-refractivity contribution in [2.75, 3.05) is 19.7 Å². The molecule has 3 rings (SSSR count). The Hall–Kier alpha value is -1.61. The SMILES string of the molecule is Fc1ccccc1CN=C(NCCc1ccco1)NCC1CCCO1.I. The maximum Gasteiger partial charge on any atom is 0.191 e. The minimum Gasteiger partial charge on any atom is -0.469 e. The molecule has 2 heterocycles. The van der Waals surface area contributed by atoms with Crippen LogP contribution in [0.2, 0.25) is 0 Å². The molecular weight excluding hydrogens is 448 g/mol. The number of ether oxygens (including phenoxy) is 1.